The van der Waals surface area contributed by atoms with E-state index >= 15 is 0 Å². The molecule has 0 aliphatic carbocycles. The fourth-order valence-corrected chi connectivity index (χ4v) is 3.34. The molecule has 20 heavy (non-hydrogen) atoms. The van der Waals surface area contributed by atoms with E-state index in [0.29, 0.717) is 6.04 Å². The second kappa shape index (κ2) is 5.14. The van der Waals surface area contributed by atoms with Crippen molar-refractivity contribution in [1.29, 1.82) is 0 Å². The van der Waals surface area contributed by atoms with Gasteiger partial charge in [0.1, 0.15) is 17.6 Å². The van der Waals surface area contributed by atoms with E-state index in [1.54, 1.807) is 0 Å². The van der Waals surface area contributed by atoms with Crippen LogP contribution in [0.3, 0.4) is 0 Å². The lowest BCUT2D eigenvalue weighted by Crippen LogP contribution is -2.26. The summed E-state index contributed by atoms with van der Waals surface area (Å²) in [6.45, 7) is 1.97. The quantitative estimate of drug-likeness (QED) is 0.929. The number of nitrogens with zero attached hydrogens (tertiary/aromatic N) is 3. The lowest BCUT2D eigenvalue weighted by molar-refractivity contribution is 0.0569. The lowest BCUT2D eigenvalue weighted by Gasteiger charge is -2.17. The molecule has 106 valence electrons. The summed E-state index contributed by atoms with van der Waals surface area (Å²) >= 11 is 0. The van der Waals surface area contributed by atoms with Crippen molar-refractivity contribution in [3.8, 4) is 0 Å². The molecule has 2 aliphatic rings. The third-order valence-electron chi connectivity index (χ3n) is 4.31. The molecule has 4 rings (SSSR count). The van der Waals surface area contributed by atoms with Gasteiger partial charge >= 0.3 is 0 Å². The number of hydrogen-bond donors (Lipinski definition) is 1. The first-order valence-corrected chi connectivity index (χ1v) is 7.58. The van der Waals surface area contributed by atoms with Gasteiger partial charge in [0.2, 0.25) is 0 Å². The minimum absolute atomic E-state index is 0.117. The summed E-state index contributed by atoms with van der Waals surface area (Å²) in [6.07, 6.45) is 7.62. The number of rotatable bonds is 3. The van der Waals surface area contributed by atoms with Crippen LogP contribution in [0.25, 0.3) is 11.2 Å². The Morgan fingerprint density at radius 3 is 3.15 bits per heavy atom. The van der Waals surface area contributed by atoms with Gasteiger partial charge in [-0.3, -0.25) is 4.57 Å². The summed E-state index contributed by atoms with van der Waals surface area (Å²) in [6, 6.07) is 4.54. The molecule has 1 N–H and O–H groups in total. The molecule has 2 atom stereocenters. The van der Waals surface area contributed by atoms with Crippen molar-refractivity contribution >= 4 is 11.2 Å². The Kier molecular flexibility index (Phi) is 3.16. The maximum Gasteiger partial charge on any atom is 0.162 e. The van der Waals surface area contributed by atoms with E-state index in [9.17, 15) is 0 Å². The van der Waals surface area contributed by atoms with Gasteiger partial charge in [-0.2, -0.15) is 0 Å². The predicted molar refractivity (Wildman–Crippen MR) is 76.5 cm³/mol. The molecule has 0 spiro atoms. The summed E-state index contributed by atoms with van der Waals surface area (Å²) in [7, 11) is 0. The zero-order valence-corrected chi connectivity index (χ0v) is 11.6. The highest BCUT2D eigenvalue weighted by Crippen LogP contribution is 2.29. The smallest absolute Gasteiger partial charge is 0.162 e. The zero-order chi connectivity index (χ0) is 13.4. The van der Waals surface area contributed by atoms with Gasteiger partial charge in [0, 0.05) is 25.3 Å². The molecule has 2 aromatic rings. The zero-order valence-electron chi connectivity index (χ0n) is 11.6. The van der Waals surface area contributed by atoms with E-state index in [-0.39, 0.29) is 6.23 Å². The van der Waals surface area contributed by atoms with Crippen molar-refractivity contribution in [2.45, 2.75) is 44.4 Å². The molecular formula is C15H20N4O. The molecule has 5 heteroatoms. The van der Waals surface area contributed by atoms with E-state index in [1.165, 1.54) is 12.8 Å². The summed E-state index contributed by atoms with van der Waals surface area (Å²) in [5, 5.41) is 3.55. The first-order chi connectivity index (χ1) is 9.92. The van der Waals surface area contributed by atoms with Crippen LogP contribution >= 0.6 is 0 Å². The molecule has 0 radical (unpaired) electrons. The second-order valence-corrected chi connectivity index (χ2v) is 5.71. The number of imidazole rings is 1. The monoisotopic (exact) mass is 272 g/mol. The fourth-order valence-electron chi connectivity index (χ4n) is 3.34. The minimum atomic E-state index is 0.117. The van der Waals surface area contributed by atoms with E-state index in [1.807, 2.05) is 18.3 Å². The van der Waals surface area contributed by atoms with Crippen LogP contribution < -0.4 is 5.32 Å². The Balaban J connectivity index is 1.74. The van der Waals surface area contributed by atoms with E-state index in [2.05, 4.69) is 14.9 Å². The van der Waals surface area contributed by atoms with Gasteiger partial charge in [-0.1, -0.05) is 0 Å². The molecule has 5 nitrogen and oxygen atoms in total. The molecule has 2 aromatic heterocycles. The minimum Gasteiger partial charge on any atom is -0.358 e. The molecule has 2 unspecified atom stereocenters. The first-order valence-electron chi connectivity index (χ1n) is 7.58. The lowest BCUT2D eigenvalue weighted by atomic mass is 10.1. The Labute approximate surface area is 118 Å². The van der Waals surface area contributed by atoms with Crippen molar-refractivity contribution in [2.75, 3.05) is 13.2 Å². The Morgan fingerprint density at radius 2 is 2.35 bits per heavy atom. The van der Waals surface area contributed by atoms with E-state index in [0.717, 1.165) is 49.4 Å². The number of fused-ring (bicyclic) bond motifs is 1. The van der Waals surface area contributed by atoms with Crippen LogP contribution in [0.5, 0.6) is 0 Å². The summed E-state index contributed by atoms with van der Waals surface area (Å²) in [4.78, 5) is 9.32. The summed E-state index contributed by atoms with van der Waals surface area (Å²) in [5.41, 5.74) is 1.95. The fraction of sp³-hybridized carbons (Fsp3) is 0.600. The molecule has 0 bridgehead atoms. The Morgan fingerprint density at radius 1 is 1.35 bits per heavy atom. The average Bonchev–Trinajstić information content (AvgIpc) is 3.18. The molecular weight excluding hydrogens is 252 g/mol. The number of ether oxygens (including phenoxy) is 1. The van der Waals surface area contributed by atoms with Crippen molar-refractivity contribution < 1.29 is 4.74 Å². The molecule has 0 aromatic carbocycles. The molecule has 0 saturated carbocycles. The van der Waals surface area contributed by atoms with Gasteiger partial charge < -0.3 is 10.1 Å². The number of aromatic nitrogens is 3. The van der Waals surface area contributed by atoms with Crippen LogP contribution in [0.1, 0.15) is 37.7 Å². The standard InChI is InChI=1S/C15H20N4O/c1-4-11(16-7-1)10-13-18-12-5-2-8-17-15(12)19(13)14-6-3-9-20-14/h2,5,8,11,14,16H,1,3-4,6-7,9-10H2. The number of nitrogens with one attached hydrogen (secondary N) is 1. The summed E-state index contributed by atoms with van der Waals surface area (Å²) in [5.74, 6) is 1.12. The molecule has 2 saturated heterocycles. The molecule has 0 amide bonds. The summed E-state index contributed by atoms with van der Waals surface area (Å²) < 4.78 is 8.10. The van der Waals surface area contributed by atoms with E-state index in [4.69, 9.17) is 9.72 Å². The van der Waals surface area contributed by atoms with Crippen LogP contribution in [0.4, 0.5) is 0 Å². The third-order valence-corrected chi connectivity index (χ3v) is 4.31. The predicted octanol–water partition coefficient (Wildman–Crippen LogP) is 2.03. The van der Waals surface area contributed by atoms with Crippen LogP contribution in [-0.2, 0) is 11.2 Å². The maximum atomic E-state index is 5.87. The largest absolute Gasteiger partial charge is 0.358 e. The van der Waals surface area contributed by atoms with Crippen LogP contribution in [0, 0.1) is 0 Å². The average molecular weight is 272 g/mol. The first kappa shape index (κ1) is 12.3. The van der Waals surface area contributed by atoms with Crippen LogP contribution in [0.2, 0.25) is 0 Å². The van der Waals surface area contributed by atoms with Gasteiger partial charge in [-0.15, -0.1) is 0 Å². The Hall–Kier alpha value is -1.46. The van der Waals surface area contributed by atoms with Crippen LogP contribution in [0.15, 0.2) is 18.3 Å². The van der Waals surface area contributed by atoms with E-state index < -0.39 is 0 Å². The Bertz CT molecular complexity index is 597. The maximum absolute atomic E-state index is 5.87. The van der Waals surface area contributed by atoms with Gasteiger partial charge in [-0.25, -0.2) is 9.97 Å². The van der Waals surface area contributed by atoms with Gasteiger partial charge in [0.25, 0.3) is 0 Å². The molecule has 4 heterocycles. The number of pyridine rings is 1. The molecule has 2 fully saturated rings. The highest BCUT2D eigenvalue weighted by molar-refractivity contribution is 5.71. The number of hydrogen-bond acceptors (Lipinski definition) is 4. The third kappa shape index (κ3) is 2.11. The highest BCUT2D eigenvalue weighted by Gasteiger charge is 2.26. The normalized spacial score (nSPS) is 26.6. The SMILES string of the molecule is c1cnc2c(c1)nc(CC1CCCN1)n2C1CCCO1. The second-order valence-electron chi connectivity index (χ2n) is 5.71. The van der Waals surface area contributed by atoms with Gasteiger partial charge in [0.15, 0.2) is 5.65 Å². The van der Waals surface area contributed by atoms with Crippen molar-refractivity contribution in [3.63, 3.8) is 0 Å². The highest BCUT2D eigenvalue weighted by atomic mass is 16.5. The van der Waals surface area contributed by atoms with Gasteiger partial charge in [-0.05, 0) is 44.4 Å². The van der Waals surface area contributed by atoms with Crippen molar-refractivity contribution in [2.24, 2.45) is 0 Å². The topological polar surface area (TPSA) is 52.0 Å². The van der Waals surface area contributed by atoms with Crippen molar-refractivity contribution in [1.82, 2.24) is 19.9 Å². The van der Waals surface area contributed by atoms with Gasteiger partial charge in [0.05, 0.1) is 0 Å². The molecule has 2 aliphatic heterocycles. The van der Waals surface area contributed by atoms with Crippen LogP contribution in [-0.4, -0.2) is 33.7 Å². The van der Waals surface area contributed by atoms with Crippen molar-refractivity contribution in [3.05, 3.63) is 24.2 Å².